The first-order valence-electron chi connectivity index (χ1n) is 7.81. The van der Waals surface area contributed by atoms with Gasteiger partial charge < -0.3 is 11.1 Å². The van der Waals surface area contributed by atoms with E-state index in [1.54, 1.807) is 26.1 Å². The van der Waals surface area contributed by atoms with E-state index < -0.39 is 22.4 Å². The number of dihydropyridines is 1. The van der Waals surface area contributed by atoms with Gasteiger partial charge in [0.2, 0.25) is 5.91 Å². The van der Waals surface area contributed by atoms with Crippen LogP contribution in [-0.2, 0) is 4.79 Å². The number of halogens is 2. The van der Waals surface area contributed by atoms with E-state index in [4.69, 9.17) is 5.73 Å². The SMILES string of the molecule is C[C@H](N=C1NC(=O)C(C)(C2=CC=NC(N)C2)S1)c1ccc(F)cc1F. The summed E-state index contributed by atoms with van der Waals surface area (Å²) >= 11 is 1.27. The monoisotopic (exact) mass is 364 g/mol. The Balaban J connectivity index is 1.83. The molecule has 3 atom stereocenters. The van der Waals surface area contributed by atoms with E-state index in [2.05, 4.69) is 15.3 Å². The van der Waals surface area contributed by atoms with Crippen molar-refractivity contribution in [3.05, 3.63) is 47.0 Å². The minimum absolute atomic E-state index is 0.197. The number of thioether (sulfide) groups is 1. The number of nitrogens with zero attached hydrogens (tertiary/aromatic N) is 2. The smallest absolute Gasteiger partial charge is 0.246 e. The number of amidine groups is 1. The van der Waals surface area contributed by atoms with Crippen LogP contribution >= 0.6 is 11.8 Å². The molecule has 2 aliphatic heterocycles. The Labute approximate surface area is 148 Å². The summed E-state index contributed by atoms with van der Waals surface area (Å²) in [6.07, 6.45) is 3.53. The highest BCUT2D eigenvalue weighted by Crippen LogP contribution is 2.41. The van der Waals surface area contributed by atoms with Gasteiger partial charge in [0.15, 0.2) is 5.17 Å². The molecule has 0 bridgehead atoms. The number of allylic oxidation sites excluding steroid dienone is 1. The highest BCUT2D eigenvalue weighted by molar-refractivity contribution is 8.16. The molecule has 0 aromatic heterocycles. The van der Waals surface area contributed by atoms with Gasteiger partial charge in [-0.05, 0) is 31.6 Å². The van der Waals surface area contributed by atoms with Gasteiger partial charge in [0.1, 0.15) is 22.5 Å². The predicted molar refractivity (Wildman–Crippen MR) is 95.5 cm³/mol. The summed E-state index contributed by atoms with van der Waals surface area (Å²) in [5, 5.41) is 3.14. The van der Waals surface area contributed by atoms with Crippen LogP contribution in [0.3, 0.4) is 0 Å². The zero-order valence-corrected chi connectivity index (χ0v) is 14.6. The van der Waals surface area contributed by atoms with Crippen molar-refractivity contribution < 1.29 is 13.6 Å². The van der Waals surface area contributed by atoms with E-state index in [1.165, 1.54) is 23.9 Å². The van der Waals surface area contributed by atoms with E-state index in [0.717, 1.165) is 11.6 Å². The zero-order valence-electron chi connectivity index (χ0n) is 13.8. The van der Waals surface area contributed by atoms with E-state index in [-0.39, 0.29) is 17.6 Å². The quantitative estimate of drug-likeness (QED) is 0.865. The van der Waals surface area contributed by atoms with Crippen LogP contribution in [0.1, 0.15) is 31.9 Å². The average molecular weight is 364 g/mol. The fourth-order valence-corrected chi connectivity index (χ4v) is 3.95. The molecular formula is C17H18F2N4OS. The van der Waals surface area contributed by atoms with Crippen molar-refractivity contribution in [3.8, 4) is 0 Å². The van der Waals surface area contributed by atoms with Gasteiger partial charge in [0, 0.05) is 24.3 Å². The Bertz CT molecular complexity index is 808. The third-order valence-electron chi connectivity index (χ3n) is 4.27. The molecule has 1 aromatic rings. The summed E-state index contributed by atoms with van der Waals surface area (Å²) in [5.74, 6) is -1.50. The molecular weight excluding hydrogens is 346 g/mol. The molecule has 5 nitrogen and oxygen atoms in total. The first kappa shape index (κ1) is 17.8. The van der Waals surface area contributed by atoms with Gasteiger partial charge in [-0.2, -0.15) is 0 Å². The first-order valence-corrected chi connectivity index (χ1v) is 8.63. The first-order chi connectivity index (χ1) is 11.8. The van der Waals surface area contributed by atoms with Crippen LogP contribution in [0.5, 0.6) is 0 Å². The fraction of sp³-hybridized carbons (Fsp3) is 0.353. The number of amides is 1. The van der Waals surface area contributed by atoms with E-state index in [9.17, 15) is 13.6 Å². The maximum Gasteiger partial charge on any atom is 0.246 e. The largest absolute Gasteiger partial charge is 0.309 e. The van der Waals surface area contributed by atoms with Crippen molar-refractivity contribution in [2.45, 2.75) is 37.2 Å². The van der Waals surface area contributed by atoms with Crippen LogP contribution in [-0.4, -0.2) is 28.2 Å². The third-order valence-corrected chi connectivity index (χ3v) is 5.53. The van der Waals surface area contributed by atoms with Crippen molar-refractivity contribution in [3.63, 3.8) is 0 Å². The minimum Gasteiger partial charge on any atom is -0.309 e. The van der Waals surface area contributed by atoms with Gasteiger partial charge in [-0.1, -0.05) is 17.8 Å². The summed E-state index contributed by atoms with van der Waals surface area (Å²) < 4.78 is 26.1. The maximum absolute atomic E-state index is 13.9. The summed E-state index contributed by atoms with van der Waals surface area (Å²) in [6.45, 7) is 3.49. The van der Waals surface area contributed by atoms with Crippen LogP contribution in [0.15, 0.2) is 39.8 Å². The molecule has 2 aliphatic rings. The molecule has 0 saturated carbocycles. The van der Waals surface area contributed by atoms with Gasteiger partial charge in [-0.25, -0.2) is 8.78 Å². The highest BCUT2D eigenvalue weighted by atomic mass is 32.2. The number of carbonyl (C=O) groups excluding carboxylic acids is 1. The standard InChI is InChI=1S/C17H18F2N4OS/c1-9(12-4-3-11(18)8-13(12)19)22-16-23-15(24)17(2,25-16)10-5-6-21-14(20)7-10/h3-6,8-9,14H,7,20H2,1-2H3,(H,22,23,24)/t9-,14?,17?/m0/s1. The maximum atomic E-state index is 13.9. The molecule has 8 heteroatoms. The Morgan fingerprint density at radius 2 is 2.24 bits per heavy atom. The molecule has 1 saturated heterocycles. The molecule has 2 heterocycles. The Morgan fingerprint density at radius 3 is 2.92 bits per heavy atom. The summed E-state index contributed by atoms with van der Waals surface area (Å²) in [7, 11) is 0. The molecule has 0 radical (unpaired) electrons. The summed E-state index contributed by atoms with van der Waals surface area (Å²) in [4.78, 5) is 20.9. The van der Waals surface area contributed by atoms with Crippen LogP contribution < -0.4 is 11.1 Å². The molecule has 1 fully saturated rings. The molecule has 0 spiro atoms. The van der Waals surface area contributed by atoms with Gasteiger partial charge in [0.25, 0.3) is 0 Å². The second kappa shape index (κ2) is 6.68. The number of hydrogen-bond acceptors (Lipinski definition) is 5. The molecule has 2 unspecified atom stereocenters. The van der Waals surface area contributed by atoms with Crippen molar-refractivity contribution in [1.29, 1.82) is 0 Å². The topological polar surface area (TPSA) is 79.8 Å². The van der Waals surface area contributed by atoms with E-state index in [1.807, 2.05) is 0 Å². The van der Waals surface area contributed by atoms with Crippen molar-refractivity contribution in [1.82, 2.24) is 5.32 Å². The molecule has 3 rings (SSSR count). The molecule has 1 aromatic carbocycles. The second-order valence-electron chi connectivity index (χ2n) is 6.13. The number of nitrogens with one attached hydrogen (secondary N) is 1. The summed E-state index contributed by atoms with van der Waals surface area (Å²) in [6, 6.07) is 2.81. The number of hydrogen-bond donors (Lipinski definition) is 2. The lowest BCUT2D eigenvalue weighted by Crippen LogP contribution is -2.38. The summed E-state index contributed by atoms with van der Waals surface area (Å²) in [5.41, 5.74) is 6.97. The minimum atomic E-state index is -0.829. The predicted octanol–water partition coefficient (Wildman–Crippen LogP) is 2.69. The third kappa shape index (κ3) is 3.50. The van der Waals surface area contributed by atoms with Crippen LogP contribution in [0.2, 0.25) is 0 Å². The van der Waals surface area contributed by atoms with Gasteiger partial charge in [-0.3, -0.25) is 14.8 Å². The van der Waals surface area contributed by atoms with E-state index >= 15 is 0 Å². The normalized spacial score (nSPS) is 28.8. The molecule has 3 N–H and O–H groups in total. The molecule has 132 valence electrons. The molecule has 0 aliphatic carbocycles. The Kier molecular flexibility index (Phi) is 4.75. The Hall–Kier alpha value is -2.06. The Morgan fingerprint density at radius 1 is 1.48 bits per heavy atom. The fourth-order valence-electron chi connectivity index (χ4n) is 2.78. The van der Waals surface area contributed by atoms with Gasteiger partial charge >= 0.3 is 0 Å². The van der Waals surface area contributed by atoms with Gasteiger partial charge in [0.05, 0.1) is 6.04 Å². The number of aliphatic imine (C=N–C) groups is 2. The molecule has 1 amide bonds. The lowest BCUT2D eigenvalue weighted by atomic mass is 9.93. The number of rotatable bonds is 3. The van der Waals surface area contributed by atoms with Crippen molar-refractivity contribution in [2.24, 2.45) is 15.7 Å². The van der Waals surface area contributed by atoms with Crippen LogP contribution in [0.4, 0.5) is 8.78 Å². The van der Waals surface area contributed by atoms with Gasteiger partial charge in [-0.15, -0.1) is 0 Å². The lowest BCUT2D eigenvalue weighted by molar-refractivity contribution is -0.120. The number of carbonyl (C=O) groups is 1. The molecule has 25 heavy (non-hydrogen) atoms. The lowest BCUT2D eigenvalue weighted by Gasteiger charge is -2.25. The number of benzene rings is 1. The zero-order chi connectivity index (χ0) is 18.2. The highest BCUT2D eigenvalue weighted by Gasteiger charge is 2.46. The van der Waals surface area contributed by atoms with Crippen molar-refractivity contribution in [2.75, 3.05) is 0 Å². The van der Waals surface area contributed by atoms with Crippen LogP contribution in [0, 0.1) is 11.6 Å². The average Bonchev–Trinajstić information content (AvgIpc) is 2.82. The van der Waals surface area contributed by atoms with E-state index in [0.29, 0.717) is 11.6 Å². The number of nitrogens with two attached hydrogens (primary N) is 1. The van der Waals surface area contributed by atoms with Crippen LogP contribution in [0.25, 0.3) is 0 Å². The second-order valence-corrected chi connectivity index (χ2v) is 7.53. The van der Waals surface area contributed by atoms with Crippen molar-refractivity contribution >= 4 is 29.1 Å².